The van der Waals surface area contributed by atoms with E-state index in [2.05, 4.69) is 20.3 Å². The minimum absolute atomic E-state index is 0.149. The van der Waals surface area contributed by atoms with Gasteiger partial charge >= 0.3 is 0 Å². The van der Waals surface area contributed by atoms with Gasteiger partial charge in [-0.15, -0.1) is 0 Å². The summed E-state index contributed by atoms with van der Waals surface area (Å²) >= 11 is 0. The van der Waals surface area contributed by atoms with Gasteiger partial charge in [0, 0.05) is 44.4 Å². The van der Waals surface area contributed by atoms with Crippen LogP contribution in [0.4, 0.5) is 5.82 Å². The Hall–Kier alpha value is -2.48. The van der Waals surface area contributed by atoms with E-state index in [9.17, 15) is 9.90 Å². The summed E-state index contributed by atoms with van der Waals surface area (Å²) in [5, 5.41) is 13.3. The van der Waals surface area contributed by atoms with E-state index in [-0.39, 0.29) is 19.0 Å². The summed E-state index contributed by atoms with van der Waals surface area (Å²) in [5.41, 5.74) is -0.942. The first-order valence-electron chi connectivity index (χ1n) is 7.10. The van der Waals surface area contributed by atoms with Crippen molar-refractivity contribution in [2.24, 2.45) is 0 Å². The number of nitrogens with one attached hydrogen (secondary N) is 1. The van der Waals surface area contributed by atoms with E-state index >= 15 is 0 Å². The number of imidazole rings is 1. The molecule has 1 aliphatic rings. The Morgan fingerprint density at radius 2 is 2.27 bits per heavy atom. The monoisotopic (exact) mass is 302 g/mol. The van der Waals surface area contributed by atoms with Gasteiger partial charge in [-0.25, -0.2) is 9.97 Å². The molecule has 2 aromatic rings. The van der Waals surface area contributed by atoms with Crippen LogP contribution in [0.5, 0.6) is 0 Å². The van der Waals surface area contributed by atoms with Crippen LogP contribution in [0.1, 0.15) is 6.42 Å². The van der Waals surface area contributed by atoms with Crippen LogP contribution >= 0.6 is 0 Å². The van der Waals surface area contributed by atoms with Gasteiger partial charge in [-0.05, 0) is 6.42 Å². The molecule has 1 saturated heterocycles. The average Bonchev–Trinajstić information content (AvgIpc) is 3.17. The molecule has 3 heterocycles. The molecule has 2 aromatic heterocycles. The molecule has 0 aliphatic carbocycles. The normalized spacial score (nSPS) is 21.0. The van der Waals surface area contributed by atoms with Crippen LogP contribution in [0.15, 0.2) is 37.3 Å². The molecule has 0 unspecified atom stereocenters. The highest BCUT2D eigenvalue weighted by Gasteiger charge is 2.36. The van der Waals surface area contributed by atoms with Gasteiger partial charge in [-0.3, -0.25) is 9.78 Å². The number of β-amino-alcohol motifs (C(OH)–C–C–N with tert-alkyl or cyclic N) is 1. The van der Waals surface area contributed by atoms with Gasteiger partial charge in [-0.1, -0.05) is 0 Å². The molecular formula is C14H18N6O2. The molecule has 1 amide bonds. The lowest BCUT2D eigenvalue weighted by molar-refractivity contribution is -0.122. The Balaban J connectivity index is 1.51. The molecule has 3 rings (SSSR count). The van der Waals surface area contributed by atoms with Crippen LogP contribution in [0, 0.1) is 0 Å². The summed E-state index contributed by atoms with van der Waals surface area (Å²) in [7, 11) is 0. The summed E-state index contributed by atoms with van der Waals surface area (Å²) in [6.45, 7) is 1.53. The van der Waals surface area contributed by atoms with E-state index in [1.807, 2.05) is 4.90 Å². The fraction of sp³-hybridized carbons (Fsp3) is 0.429. The van der Waals surface area contributed by atoms with Crippen molar-refractivity contribution in [2.45, 2.75) is 18.6 Å². The molecule has 8 heteroatoms. The predicted molar refractivity (Wildman–Crippen MR) is 79.0 cm³/mol. The van der Waals surface area contributed by atoms with Crippen LogP contribution in [-0.4, -0.2) is 55.8 Å². The largest absolute Gasteiger partial charge is 0.386 e. The number of hydrogen-bond donors (Lipinski definition) is 2. The van der Waals surface area contributed by atoms with Gasteiger partial charge in [0.05, 0.1) is 12.5 Å². The molecule has 22 heavy (non-hydrogen) atoms. The van der Waals surface area contributed by atoms with Gasteiger partial charge in [0.25, 0.3) is 0 Å². The molecular weight excluding hydrogens is 284 g/mol. The summed E-state index contributed by atoms with van der Waals surface area (Å²) in [4.78, 5) is 26.0. The number of carbonyl (C=O) groups excluding carboxylic acids is 1. The highest BCUT2D eigenvalue weighted by Crippen LogP contribution is 2.24. The van der Waals surface area contributed by atoms with Crippen molar-refractivity contribution in [3.8, 4) is 0 Å². The van der Waals surface area contributed by atoms with Crippen LogP contribution in [0.25, 0.3) is 0 Å². The quantitative estimate of drug-likeness (QED) is 0.768. The summed E-state index contributed by atoms with van der Waals surface area (Å²) in [5.74, 6) is 0.590. The number of amides is 1. The lowest BCUT2D eigenvalue weighted by atomic mass is 10.0. The first kappa shape index (κ1) is 14.5. The first-order chi connectivity index (χ1) is 10.6. The molecule has 1 atom stereocenters. The van der Waals surface area contributed by atoms with Crippen LogP contribution in [0.2, 0.25) is 0 Å². The third kappa shape index (κ3) is 3.40. The van der Waals surface area contributed by atoms with E-state index in [1.165, 1.54) is 0 Å². The van der Waals surface area contributed by atoms with Crippen molar-refractivity contribution < 1.29 is 9.90 Å². The van der Waals surface area contributed by atoms with E-state index in [0.717, 1.165) is 5.82 Å². The van der Waals surface area contributed by atoms with Gasteiger partial charge < -0.3 is 19.9 Å². The maximum absolute atomic E-state index is 11.9. The zero-order valence-electron chi connectivity index (χ0n) is 12.1. The second-order valence-electron chi connectivity index (χ2n) is 5.47. The van der Waals surface area contributed by atoms with Crippen molar-refractivity contribution in [3.63, 3.8) is 0 Å². The molecule has 1 fully saturated rings. The van der Waals surface area contributed by atoms with Gasteiger partial charge in [0.15, 0.2) is 0 Å². The Morgan fingerprint density at radius 3 is 3.00 bits per heavy atom. The van der Waals surface area contributed by atoms with Crippen molar-refractivity contribution in [1.82, 2.24) is 24.8 Å². The molecule has 116 valence electrons. The predicted octanol–water partition coefficient (Wildman–Crippen LogP) is -0.569. The maximum atomic E-state index is 11.9. The number of aliphatic hydroxyl groups is 1. The van der Waals surface area contributed by atoms with Crippen molar-refractivity contribution in [3.05, 3.63) is 37.3 Å². The van der Waals surface area contributed by atoms with E-state index in [4.69, 9.17) is 0 Å². The minimum Gasteiger partial charge on any atom is -0.386 e. The SMILES string of the molecule is O=C(Cn1ccnc1)NC[C@]1(O)CCN(c2cnccn2)C1. The summed E-state index contributed by atoms with van der Waals surface area (Å²) < 4.78 is 1.68. The molecule has 0 spiro atoms. The van der Waals surface area contributed by atoms with E-state index in [0.29, 0.717) is 19.5 Å². The summed E-state index contributed by atoms with van der Waals surface area (Å²) in [6, 6.07) is 0. The van der Waals surface area contributed by atoms with Gasteiger partial charge in [0.1, 0.15) is 18.0 Å². The highest BCUT2D eigenvalue weighted by atomic mass is 16.3. The number of anilines is 1. The summed E-state index contributed by atoms with van der Waals surface area (Å²) in [6.07, 6.45) is 10.4. The number of aromatic nitrogens is 4. The third-order valence-electron chi connectivity index (χ3n) is 3.71. The standard InChI is InChI=1S/C14H18N6O2/c21-13(8-19-6-4-16-11-19)18-9-14(22)1-5-20(10-14)12-7-15-2-3-17-12/h2-4,6-7,11,22H,1,5,8-10H2,(H,18,21)/t14-/m1/s1. The van der Waals surface area contributed by atoms with E-state index in [1.54, 1.807) is 41.9 Å². The van der Waals surface area contributed by atoms with Gasteiger partial charge in [0.2, 0.25) is 5.91 Å². The third-order valence-corrected chi connectivity index (χ3v) is 3.71. The number of rotatable bonds is 5. The topological polar surface area (TPSA) is 96.2 Å². The maximum Gasteiger partial charge on any atom is 0.240 e. The molecule has 0 saturated carbocycles. The molecule has 0 bridgehead atoms. The zero-order chi connectivity index (χ0) is 15.4. The van der Waals surface area contributed by atoms with Crippen molar-refractivity contribution in [2.75, 3.05) is 24.5 Å². The number of carbonyl (C=O) groups is 1. The zero-order valence-corrected chi connectivity index (χ0v) is 12.1. The fourth-order valence-corrected chi connectivity index (χ4v) is 2.52. The van der Waals surface area contributed by atoms with Crippen molar-refractivity contribution >= 4 is 11.7 Å². The molecule has 8 nitrogen and oxygen atoms in total. The molecule has 0 radical (unpaired) electrons. The Morgan fingerprint density at radius 1 is 1.36 bits per heavy atom. The van der Waals surface area contributed by atoms with Crippen LogP contribution < -0.4 is 10.2 Å². The second-order valence-corrected chi connectivity index (χ2v) is 5.47. The Kier molecular flexibility index (Phi) is 4.01. The average molecular weight is 302 g/mol. The molecule has 1 aliphatic heterocycles. The second kappa shape index (κ2) is 6.10. The van der Waals surface area contributed by atoms with Crippen LogP contribution in [-0.2, 0) is 11.3 Å². The van der Waals surface area contributed by atoms with Crippen molar-refractivity contribution in [1.29, 1.82) is 0 Å². The van der Waals surface area contributed by atoms with E-state index < -0.39 is 5.60 Å². The molecule has 0 aromatic carbocycles. The smallest absolute Gasteiger partial charge is 0.240 e. The Bertz CT molecular complexity index is 618. The number of nitrogens with zero attached hydrogens (tertiary/aromatic N) is 5. The minimum atomic E-state index is -0.942. The lowest BCUT2D eigenvalue weighted by Gasteiger charge is -2.24. The van der Waals surface area contributed by atoms with Gasteiger partial charge in [-0.2, -0.15) is 0 Å². The first-order valence-corrected chi connectivity index (χ1v) is 7.10. The number of hydrogen-bond acceptors (Lipinski definition) is 6. The van der Waals surface area contributed by atoms with Crippen LogP contribution in [0.3, 0.4) is 0 Å². The molecule has 2 N–H and O–H groups in total. The fourth-order valence-electron chi connectivity index (χ4n) is 2.52. The highest BCUT2D eigenvalue weighted by molar-refractivity contribution is 5.75. The lowest BCUT2D eigenvalue weighted by Crippen LogP contribution is -2.45. The Labute approximate surface area is 127 Å².